The van der Waals surface area contributed by atoms with Gasteiger partial charge in [0.15, 0.2) is 0 Å². The van der Waals surface area contributed by atoms with Gasteiger partial charge in [-0.25, -0.2) is 0 Å². The van der Waals surface area contributed by atoms with Crippen molar-refractivity contribution in [3.05, 3.63) is 5.01 Å². The molecule has 92 valence electrons. The second-order valence-corrected chi connectivity index (χ2v) is 4.89. The first kappa shape index (κ1) is 12.0. The van der Waals surface area contributed by atoms with Crippen molar-refractivity contribution in [3.63, 3.8) is 0 Å². The Morgan fingerprint density at radius 3 is 2.41 bits per heavy atom. The monoisotopic (exact) mass is 254 g/mol. The zero-order valence-electron chi connectivity index (χ0n) is 9.60. The van der Waals surface area contributed by atoms with E-state index < -0.39 is 0 Å². The lowest BCUT2D eigenvalue weighted by Crippen LogP contribution is -2.34. The van der Waals surface area contributed by atoms with Crippen molar-refractivity contribution in [3.8, 4) is 0 Å². The molecule has 2 amide bonds. The maximum atomic E-state index is 11.8. The first-order valence-corrected chi connectivity index (χ1v) is 6.35. The molecule has 1 aliphatic heterocycles. The van der Waals surface area contributed by atoms with Gasteiger partial charge in [-0.1, -0.05) is 11.3 Å². The average molecular weight is 254 g/mol. The van der Waals surface area contributed by atoms with Gasteiger partial charge in [0.05, 0.1) is 6.54 Å². The van der Waals surface area contributed by atoms with E-state index in [1.54, 1.807) is 7.05 Å². The summed E-state index contributed by atoms with van der Waals surface area (Å²) >= 11 is 1.36. The van der Waals surface area contributed by atoms with E-state index in [1.807, 2.05) is 0 Å². The molecule has 1 fully saturated rings. The van der Waals surface area contributed by atoms with Gasteiger partial charge in [-0.15, -0.1) is 10.2 Å². The molecular weight excluding hydrogens is 240 g/mol. The Morgan fingerprint density at radius 2 is 1.88 bits per heavy atom. The number of hydrogen-bond donors (Lipinski definition) is 1. The summed E-state index contributed by atoms with van der Waals surface area (Å²) in [7, 11) is 1.76. The van der Waals surface area contributed by atoms with Crippen LogP contribution in [0.5, 0.6) is 0 Å². The zero-order valence-corrected chi connectivity index (χ0v) is 10.4. The molecule has 6 nitrogen and oxygen atoms in total. The van der Waals surface area contributed by atoms with Crippen LogP contribution in [0.25, 0.3) is 0 Å². The van der Waals surface area contributed by atoms with Gasteiger partial charge in [0.2, 0.25) is 16.9 Å². The molecule has 0 saturated carbocycles. The van der Waals surface area contributed by atoms with Crippen LogP contribution in [0.15, 0.2) is 0 Å². The Labute approximate surface area is 103 Å². The van der Waals surface area contributed by atoms with Gasteiger partial charge in [-0.05, 0) is 12.8 Å². The molecule has 0 aliphatic carbocycles. The minimum atomic E-state index is -0.103. The largest absolute Gasteiger partial charge is 0.363 e. The number of nitrogens with one attached hydrogen (secondary N) is 1. The first-order chi connectivity index (χ1) is 8.20. The van der Waals surface area contributed by atoms with Crippen LogP contribution < -0.4 is 5.32 Å². The predicted octanol–water partition coefficient (Wildman–Crippen LogP) is 1.01. The SMILES string of the molecule is CNc1nnc(CN2C(=O)CCCCC2=O)s1. The lowest BCUT2D eigenvalue weighted by Gasteiger charge is -2.16. The third-order valence-electron chi connectivity index (χ3n) is 2.61. The number of amides is 2. The minimum Gasteiger partial charge on any atom is -0.363 e. The highest BCUT2D eigenvalue weighted by atomic mass is 32.1. The highest BCUT2D eigenvalue weighted by Crippen LogP contribution is 2.19. The van der Waals surface area contributed by atoms with Crippen molar-refractivity contribution in [1.29, 1.82) is 0 Å². The fourth-order valence-corrected chi connectivity index (χ4v) is 2.37. The molecule has 1 aliphatic rings. The lowest BCUT2D eigenvalue weighted by atomic mass is 10.2. The van der Waals surface area contributed by atoms with E-state index in [4.69, 9.17) is 0 Å². The van der Waals surface area contributed by atoms with Crippen LogP contribution in [0.1, 0.15) is 30.7 Å². The molecule has 0 unspecified atom stereocenters. The van der Waals surface area contributed by atoms with Gasteiger partial charge in [-0.3, -0.25) is 14.5 Å². The molecule has 1 aromatic heterocycles. The average Bonchev–Trinajstić information content (AvgIpc) is 2.72. The van der Waals surface area contributed by atoms with Gasteiger partial charge in [0.1, 0.15) is 5.01 Å². The second kappa shape index (κ2) is 5.22. The van der Waals surface area contributed by atoms with E-state index in [9.17, 15) is 9.59 Å². The van der Waals surface area contributed by atoms with Crippen LogP contribution in [0.2, 0.25) is 0 Å². The summed E-state index contributed by atoms with van der Waals surface area (Å²) in [6.45, 7) is 0.247. The summed E-state index contributed by atoms with van der Waals surface area (Å²) in [6, 6.07) is 0. The Kier molecular flexibility index (Phi) is 3.68. The molecule has 0 spiro atoms. The summed E-state index contributed by atoms with van der Waals surface area (Å²) in [5.74, 6) is -0.206. The maximum Gasteiger partial charge on any atom is 0.229 e. The quantitative estimate of drug-likeness (QED) is 0.815. The number of nitrogens with zero attached hydrogens (tertiary/aromatic N) is 3. The topological polar surface area (TPSA) is 75.2 Å². The van der Waals surface area contributed by atoms with Crippen molar-refractivity contribution in [2.24, 2.45) is 0 Å². The van der Waals surface area contributed by atoms with Crippen molar-refractivity contribution in [2.75, 3.05) is 12.4 Å². The molecule has 2 heterocycles. The summed E-state index contributed by atoms with van der Waals surface area (Å²) in [5.41, 5.74) is 0. The van der Waals surface area contributed by atoms with E-state index in [0.717, 1.165) is 12.8 Å². The van der Waals surface area contributed by atoms with Gasteiger partial charge >= 0.3 is 0 Å². The van der Waals surface area contributed by atoms with E-state index in [0.29, 0.717) is 23.0 Å². The molecule has 1 N–H and O–H groups in total. The van der Waals surface area contributed by atoms with Crippen molar-refractivity contribution in [1.82, 2.24) is 15.1 Å². The van der Waals surface area contributed by atoms with Crippen LogP contribution in [0, 0.1) is 0 Å². The lowest BCUT2D eigenvalue weighted by molar-refractivity contribution is -0.144. The number of aromatic nitrogens is 2. The second-order valence-electron chi connectivity index (χ2n) is 3.83. The highest BCUT2D eigenvalue weighted by Gasteiger charge is 2.25. The number of rotatable bonds is 3. The van der Waals surface area contributed by atoms with Crippen molar-refractivity contribution in [2.45, 2.75) is 32.2 Å². The molecule has 0 atom stereocenters. The van der Waals surface area contributed by atoms with E-state index in [-0.39, 0.29) is 18.4 Å². The molecule has 1 aromatic rings. The maximum absolute atomic E-state index is 11.8. The van der Waals surface area contributed by atoms with Crippen LogP contribution in [0.4, 0.5) is 5.13 Å². The Balaban J connectivity index is 2.09. The molecule has 0 aromatic carbocycles. The Bertz CT molecular complexity index is 414. The zero-order chi connectivity index (χ0) is 12.3. The number of carbonyl (C=O) groups excluding carboxylic acids is 2. The first-order valence-electron chi connectivity index (χ1n) is 5.54. The Hall–Kier alpha value is -1.50. The molecule has 0 bridgehead atoms. The molecule has 1 saturated heterocycles. The van der Waals surface area contributed by atoms with Crippen LogP contribution in [0.3, 0.4) is 0 Å². The van der Waals surface area contributed by atoms with Crippen LogP contribution in [-0.4, -0.2) is 34.0 Å². The minimum absolute atomic E-state index is 0.103. The van der Waals surface area contributed by atoms with Crippen LogP contribution >= 0.6 is 11.3 Å². The number of anilines is 1. The van der Waals surface area contributed by atoms with Gasteiger partial charge < -0.3 is 5.32 Å². The number of likely N-dealkylation sites (tertiary alicyclic amines) is 1. The fraction of sp³-hybridized carbons (Fsp3) is 0.600. The van der Waals surface area contributed by atoms with E-state index in [2.05, 4.69) is 15.5 Å². The third-order valence-corrected chi connectivity index (χ3v) is 3.53. The Morgan fingerprint density at radius 1 is 1.24 bits per heavy atom. The van der Waals surface area contributed by atoms with Gasteiger partial charge in [0.25, 0.3) is 0 Å². The molecule has 17 heavy (non-hydrogen) atoms. The van der Waals surface area contributed by atoms with Crippen molar-refractivity contribution >= 4 is 28.3 Å². The molecule has 2 rings (SSSR count). The third kappa shape index (κ3) is 2.79. The predicted molar refractivity (Wildman–Crippen MR) is 63.5 cm³/mol. The number of hydrogen-bond acceptors (Lipinski definition) is 6. The van der Waals surface area contributed by atoms with E-state index in [1.165, 1.54) is 16.2 Å². The smallest absolute Gasteiger partial charge is 0.229 e. The summed E-state index contributed by atoms with van der Waals surface area (Å²) < 4.78 is 0. The summed E-state index contributed by atoms with van der Waals surface area (Å²) in [4.78, 5) is 24.8. The van der Waals surface area contributed by atoms with Crippen LogP contribution in [-0.2, 0) is 16.1 Å². The van der Waals surface area contributed by atoms with Gasteiger partial charge in [0, 0.05) is 19.9 Å². The fourth-order valence-electron chi connectivity index (χ4n) is 1.69. The van der Waals surface area contributed by atoms with Gasteiger partial charge in [-0.2, -0.15) is 0 Å². The number of carbonyl (C=O) groups is 2. The normalized spacial score (nSPS) is 17.1. The number of imide groups is 1. The summed E-state index contributed by atoms with van der Waals surface area (Å²) in [6.07, 6.45) is 2.48. The standard InChI is InChI=1S/C10H14N4O2S/c1-11-10-13-12-7(17-10)6-14-8(15)4-2-3-5-9(14)16/h2-6H2,1H3,(H,11,13). The molecular formula is C10H14N4O2S. The molecule has 7 heteroatoms. The van der Waals surface area contributed by atoms with E-state index >= 15 is 0 Å². The summed E-state index contributed by atoms with van der Waals surface area (Å²) in [5, 5.41) is 12.1. The molecule has 0 radical (unpaired) electrons. The highest BCUT2D eigenvalue weighted by molar-refractivity contribution is 7.15. The van der Waals surface area contributed by atoms with Crippen molar-refractivity contribution < 1.29 is 9.59 Å².